The molecule has 28 heavy (non-hydrogen) atoms. The van der Waals surface area contributed by atoms with Crippen molar-refractivity contribution in [2.24, 2.45) is 0 Å². The summed E-state index contributed by atoms with van der Waals surface area (Å²) in [6.07, 6.45) is 5.49. The molecule has 2 aromatic rings. The Hall–Kier alpha value is -2.47. The maximum absolute atomic E-state index is 12.6. The molecular weight excluding hydrogens is 352 g/mol. The maximum Gasteiger partial charge on any atom is 0.257 e. The van der Waals surface area contributed by atoms with Crippen LogP contribution in [-0.2, 0) is 15.1 Å². The van der Waals surface area contributed by atoms with Crippen LogP contribution in [-0.4, -0.2) is 36.3 Å². The summed E-state index contributed by atoms with van der Waals surface area (Å²) in [5.41, 5.74) is 1.27. The Kier molecular flexibility index (Phi) is 4.83. The molecule has 0 bridgehead atoms. The maximum atomic E-state index is 12.6. The second kappa shape index (κ2) is 7.17. The Morgan fingerprint density at radius 1 is 1.21 bits per heavy atom. The molecule has 2 aliphatic heterocycles. The lowest BCUT2D eigenvalue weighted by Crippen LogP contribution is -2.52. The summed E-state index contributed by atoms with van der Waals surface area (Å²) < 4.78 is 5.44. The Bertz CT molecular complexity index is 903. The van der Waals surface area contributed by atoms with Crippen molar-refractivity contribution in [3.8, 4) is 0 Å². The Morgan fingerprint density at radius 3 is 2.68 bits per heavy atom. The van der Waals surface area contributed by atoms with E-state index in [1.54, 1.807) is 0 Å². The van der Waals surface area contributed by atoms with E-state index in [2.05, 4.69) is 29.7 Å². The third-order valence-corrected chi connectivity index (χ3v) is 5.82. The SMILES string of the molecule is COC1C(=O)Nc2ccc(/C=C/C3(C)CCCN3)cc2C1(O)c1ccccc1. The molecule has 3 atom stereocenters. The summed E-state index contributed by atoms with van der Waals surface area (Å²) in [6, 6.07) is 14.9. The van der Waals surface area contributed by atoms with Gasteiger partial charge in [-0.25, -0.2) is 0 Å². The van der Waals surface area contributed by atoms with Gasteiger partial charge in [0, 0.05) is 23.9 Å². The standard InChI is InChI=1S/C23H26N2O3/c1-22(12-6-14-24-22)13-11-16-9-10-19-18(15-16)23(27,17-7-4-3-5-8-17)20(28-2)21(26)25-19/h3-5,7-11,13,15,20,24,27H,6,12,14H2,1-2H3,(H,25,26)/b13-11+. The Morgan fingerprint density at radius 2 is 2.00 bits per heavy atom. The topological polar surface area (TPSA) is 70.6 Å². The van der Waals surface area contributed by atoms with Gasteiger partial charge in [0.25, 0.3) is 5.91 Å². The van der Waals surface area contributed by atoms with Gasteiger partial charge in [-0.2, -0.15) is 0 Å². The molecule has 0 saturated carbocycles. The third kappa shape index (κ3) is 3.15. The van der Waals surface area contributed by atoms with E-state index in [0.29, 0.717) is 16.8 Å². The summed E-state index contributed by atoms with van der Waals surface area (Å²) >= 11 is 0. The minimum Gasteiger partial charge on any atom is -0.377 e. The minimum atomic E-state index is -1.56. The molecule has 2 heterocycles. The highest BCUT2D eigenvalue weighted by Crippen LogP contribution is 2.42. The monoisotopic (exact) mass is 378 g/mol. The number of ether oxygens (including phenoxy) is 1. The van der Waals surface area contributed by atoms with Gasteiger partial charge in [0.05, 0.1) is 0 Å². The van der Waals surface area contributed by atoms with E-state index in [9.17, 15) is 9.90 Å². The predicted octanol–water partition coefficient (Wildman–Crippen LogP) is 3.04. The summed E-state index contributed by atoms with van der Waals surface area (Å²) in [6.45, 7) is 3.22. The quantitative estimate of drug-likeness (QED) is 0.765. The number of anilines is 1. The number of amides is 1. The fourth-order valence-electron chi connectivity index (χ4n) is 4.24. The van der Waals surface area contributed by atoms with Gasteiger partial charge in [-0.3, -0.25) is 4.79 Å². The molecule has 3 unspecified atom stereocenters. The molecule has 1 saturated heterocycles. The number of methoxy groups -OCH3 is 1. The second-order valence-electron chi connectivity index (χ2n) is 7.82. The number of hydrogen-bond acceptors (Lipinski definition) is 4. The van der Waals surface area contributed by atoms with Gasteiger partial charge in [-0.1, -0.05) is 48.6 Å². The molecule has 3 N–H and O–H groups in total. The van der Waals surface area contributed by atoms with E-state index in [0.717, 1.165) is 18.5 Å². The molecular formula is C23H26N2O3. The molecule has 2 aliphatic rings. The molecule has 5 heteroatoms. The van der Waals surface area contributed by atoms with Crippen LogP contribution >= 0.6 is 0 Å². The van der Waals surface area contributed by atoms with E-state index < -0.39 is 11.7 Å². The van der Waals surface area contributed by atoms with Crippen LogP contribution in [0.4, 0.5) is 5.69 Å². The van der Waals surface area contributed by atoms with Crippen molar-refractivity contribution < 1.29 is 14.6 Å². The van der Waals surface area contributed by atoms with Crippen molar-refractivity contribution in [1.82, 2.24) is 5.32 Å². The number of benzene rings is 2. The number of fused-ring (bicyclic) bond motifs is 1. The molecule has 1 amide bonds. The zero-order valence-corrected chi connectivity index (χ0v) is 16.2. The van der Waals surface area contributed by atoms with Crippen LogP contribution in [0.3, 0.4) is 0 Å². The zero-order valence-electron chi connectivity index (χ0n) is 16.2. The summed E-state index contributed by atoms with van der Waals surface area (Å²) in [5, 5.41) is 18.1. The van der Waals surface area contributed by atoms with Crippen LogP contribution in [0.1, 0.15) is 36.5 Å². The lowest BCUT2D eigenvalue weighted by atomic mass is 9.77. The number of carbonyl (C=O) groups is 1. The average molecular weight is 378 g/mol. The smallest absolute Gasteiger partial charge is 0.257 e. The fraction of sp³-hybridized carbons (Fsp3) is 0.348. The number of aliphatic hydroxyl groups is 1. The Balaban J connectivity index is 1.80. The highest BCUT2D eigenvalue weighted by atomic mass is 16.5. The molecule has 0 aliphatic carbocycles. The molecule has 146 valence electrons. The molecule has 2 aromatic carbocycles. The summed E-state index contributed by atoms with van der Waals surface area (Å²) in [7, 11) is 1.44. The van der Waals surface area contributed by atoms with E-state index in [1.165, 1.54) is 13.5 Å². The third-order valence-electron chi connectivity index (χ3n) is 5.82. The molecule has 5 nitrogen and oxygen atoms in total. The van der Waals surface area contributed by atoms with Crippen molar-refractivity contribution in [3.05, 3.63) is 71.3 Å². The highest BCUT2D eigenvalue weighted by molar-refractivity contribution is 5.99. The number of nitrogens with one attached hydrogen (secondary N) is 2. The van der Waals surface area contributed by atoms with Gasteiger partial charge in [0.2, 0.25) is 0 Å². The van der Waals surface area contributed by atoms with Crippen LogP contribution < -0.4 is 10.6 Å². The van der Waals surface area contributed by atoms with Crippen molar-refractivity contribution in [3.63, 3.8) is 0 Å². The van der Waals surface area contributed by atoms with Crippen LogP contribution in [0, 0.1) is 0 Å². The van der Waals surface area contributed by atoms with Crippen LogP contribution in [0.15, 0.2) is 54.6 Å². The number of hydrogen-bond donors (Lipinski definition) is 3. The largest absolute Gasteiger partial charge is 0.377 e. The van der Waals surface area contributed by atoms with Gasteiger partial charge in [-0.15, -0.1) is 0 Å². The minimum absolute atomic E-state index is 0.00504. The summed E-state index contributed by atoms with van der Waals surface area (Å²) in [5.74, 6) is -0.354. The fourth-order valence-corrected chi connectivity index (χ4v) is 4.24. The van der Waals surface area contributed by atoms with E-state index in [-0.39, 0.29) is 11.4 Å². The molecule has 1 fully saturated rings. The molecule has 4 rings (SSSR count). The first-order valence-corrected chi connectivity index (χ1v) is 9.67. The van der Waals surface area contributed by atoms with E-state index in [4.69, 9.17) is 4.74 Å². The Labute approximate surface area is 165 Å². The van der Waals surface area contributed by atoms with Crippen LogP contribution in [0.25, 0.3) is 6.08 Å². The van der Waals surface area contributed by atoms with Crippen molar-refractivity contribution >= 4 is 17.7 Å². The lowest BCUT2D eigenvalue weighted by molar-refractivity contribution is -0.142. The first-order chi connectivity index (χ1) is 13.5. The second-order valence-corrected chi connectivity index (χ2v) is 7.82. The van der Waals surface area contributed by atoms with Crippen molar-refractivity contribution in [1.29, 1.82) is 0 Å². The van der Waals surface area contributed by atoms with E-state index in [1.807, 2.05) is 48.5 Å². The first-order valence-electron chi connectivity index (χ1n) is 9.67. The van der Waals surface area contributed by atoms with Crippen LogP contribution in [0.5, 0.6) is 0 Å². The zero-order chi connectivity index (χ0) is 19.8. The number of carbonyl (C=O) groups excluding carboxylic acids is 1. The first kappa shape index (κ1) is 18.9. The predicted molar refractivity (Wildman–Crippen MR) is 110 cm³/mol. The van der Waals surface area contributed by atoms with Gasteiger partial charge < -0.3 is 20.5 Å². The summed E-state index contributed by atoms with van der Waals surface area (Å²) in [4.78, 5) is 12.6. The lowest BCUT2D eigenvalue weighted by Gasteiger charge is -2.40. The van der Waals surface area contributed by atoms with Gasteiger partial charge in [0.1, 0.15) is 0 Å². The van der Waals surface area contributed by atoms with Crippen LogP contribution in [0.2, 0.25) is 0 Å². The van der Waals surface area contributed by atoms with Gasteiger partial charge in [0.15, 0.2) is 11.7 Å². The molecule has 0 radical (unpaired) electrons. The normalized spacial score (nSPS) is 29.7. The average Bonchev–Trinajstić information content (AvgIpc) is 3.14. The van der Waals surface area contributed by atoms with Crippen molar-refractivity contribution in [2.75, 3.05) is 19.0 Å². The van der Waals surface area contributed by atoms with Crippen molar-refractivity contribution in [2.45, 2.75) is 37.0 Å². The van der Waals surface area contributed by atoms with E-state index >= 15 is 0 Å². The molecule has 0 spiro atoms. The van der Waals surface area contributed by atoms with Gasteiger partial charge >= 0.3 is 0 Å². The highest BCUT2D eigenvalue weighted by Gasteiger charge is 2.49. The van der Waals surface area contributed by atoms with Gasteiger partial charge in [-0.05, 0) is 49.6 Å². The molecule has 0 aromatic heterocycles. The number of rotatable bonds is 4.